The monoisotopic (exact) mass is 330 g/mol. The van der Waals surface area contributed by atoms with Crippen LogP contribution in [0, 0.1) is 24.2 Å². The second-order valence-electron chi connectivity index (χ2n) is 6.22. The maximum absolute atomic E-state index is 6.38. The standard InChI is InChI=1S/C14H20BrClN2/c1-9-13(15)12(18(2)17-9)7-14(8-16)6-10-3-4-11(14)5-10/h10-11H,3-8H2,1-2H3. The van der Waals surface area contributed by atoms with Crippen molar-refractivity contribution in [2.75, 3.05) is 5.88 Å². The molecule has 0 saturated heterocycles. The summed E-state index contributed by atoms with van der Waals surface area (Å²) >= 11 is 10.1. The number of hydrogen-bond donors (Lipinski definition) is 0. The summed E-state index contributed by atoms with van der Waals surface area (Å²) in [5.74, 6) is 2.56. The van der Waals surface area contributed by atoms with Gasteiger partial charge in [-0.3, -0.25) is 4.68 Å². The van der Waals surface area contributed by atoms with Gasteiger partial charge in [-0.05, 0) is 65.8 Å². The molecule has 18 heavy (non-hydrogen) atoms. The summed E-state index contributed by atoms with van der Waals surface area (Å²) in [6.45, 7) is 2.06. The fourth-order valence-electron chi connectivity index (χ4n) is 4.19. The van der Waals surface area contributed by atoms with Crippen LogP contribution in [0.1, 0.15) is 37.1 Å². The van der Waals surface area contributed by atoms with Gasteiger partial charge in [0.1, 0.15) is 0 Å². The number of nitrogens with zero attached hydrogens (tertiary/aromatic N) is 2. The Bertz CT molecular complexity index is 471. The van der Waals surface area contributed by atoms with E-state index in [-0.39, 0.29) is 0 Å². The molecule has 0 spiro atoms. The minimum absolute atomic E-state index is 0.327. The normalized spacial score (nSPS) is 34.4. The molecule has 2 aliphatic carbocycles. The van der Waals surface area contributed by atoms with Gasteiger partial charge in [-0.25, -0.2) is 0 Å². The number of hydrogen-bond acceptors (Lipinski definition) is 1. The van der Waals surface area contributed by atoms with E-state index in [1.54, 1.807) is 0 Å². The maximum atomic E-state index is 6.38. The lowest BCUT2D eigenvalue weighted by molar-refractivity contribution is 0.189. The molecule has 4 heteroatoms. The second-order valence-corrected chi connectivity index (χ2v) is 7.28. The SMILES string of the molecule is Cc1nn(C)c(CC2(CCl)CC3CCC2C3)c1Br. The van der Waals surface area contributed by atoms with Gasteiger partial charge >= 0.3 is 0 Å². The summed E-state index contributed by atoms with van der Waals surface area (Å²) in [4.78, 5) is 0. The van der Waals surface area contributed by atoms with Crippen molar-refractivity contribution < 1.29 is 0 Å². The van der Waals surface area contributed by atoms with E-state index in [2.05, 4.69) is 28.0 Å². The predicted octanol–water partition coefficient (Wildman–Crippen LogP) is 4.08. The fourth-order valence-corrected chi connectivity index (χ4v) is 5.09. The maximum Gasteiger partial charge on any atom is 0.0738 e. The van der Waals surface area contributed by atoms with Gasteiger partial charge in [-0.1, -0.05) is 6.42 Å². The topological polar surface area (TPSA) is 17.8 Å². The Hall–Kier alpha value is -0.0200. The van der Waals surface area contributed by atoms with E-state index in [0.717, 1.165) is 29.8 Å². The smallest absolute Gasteiger partial charge is 0.0738 e. The Morgan fingerprint density at radius 1 is 1.50 bits per heavy atom. The van der Waals surface area contributed by atoms with Crippen molar-refractivity contribution in [2.24, 2.45) is 24.3 Å². The second kappa shape index (κ2) is 4.52. The first-order valence-electron chi connectivity index (χ1n) is 6.79. The zero-order valence-corrected chi connectivity index (χ0v) is 13.4. The van der Waals surface area contributed by atoms with E-state index in [0.29, 0.717) is 5.41 Å². The third-order valence-electron chi connectivity index (χ3n) is 5.15. The Labute approximate surface area is 122 Å². The van der Waals surface area contributed by atoms with Crippen LogP contribution in [-0.2, 0) is 13.5 Å². The third-order valence-corrected chi connectivity index (χ3v) is 6.71. The Morgan fingerprint density at radius 2 is 2.28 bits per heavy atom. The third kappa shape index (κ3) is 1.85. The van der Waals surface area contributed by atoms with E-state index >= 15 is 0 Å². The van der Waals surface area contributed by atoms with Crippen LogP contribution < -0.4 is 0 Å². The highest BCUT2D eigenvalue weighted by Gasteiger charge is 2.50. The minimum atomic E-state index is 0.327. The number of aryl methyl sites for hydroxylation is 2. The molecular formula is C14H20BrClN2. The number of rotatable bonds is 3. The van der Waals surface area contributed by atoms with Crippen molar-refractivity contribution in [3.8, 4) is 0 Å². The average Bonchev–Trinajstić information content (AvgIpc) is 3.00. The number of halogens is 2. The highest BCUT2D eigenvalue weighted by Crippen LogP contribution is 2.58. The Kier molecular flexibility index (Phi) is 3.26. The van der Waals surface area contributed by atoms with Crippen molar-refractivity contribution in [2.45, 2.75) is 39.0 Å². The van der Waals surface area contributed by atoms with Crippen molar-refractivity contribution in [3.05, 3.63) is 15.9 Å². The predicted molar refractivity (Wildman–Crippen MR) is 78.0 cm³/mol. The highest BCUT2D eigenvalue weighted by molar-refractivity contribution is 9.10. The average molecular weight is 332 g/mol. The van der Waals surface area contributed by atoms with E-state index in [4.69, 9.17) is 11.6 Å². The van der Waals surface area contributed by atoms with E-state index in [1.807, 2.05) is 11.7 Å². The Morgan fingerprint density at radius 3 is 2.72 bits per heavy atom. The van der Waals surface area contributed by atoms with Gasteiger partial charge in [0, 0.05) is 12.9 Å². The molecule has 2 bridgehead atoms. The van der Waals surface area contributed by atoms with Crippen LogP contribution in [0.15, 0.2) is 4.47 Å². The lowest BCUT2D eigenvalue weighted by Crippen LogP contribution is -2.33. The lowest BCUT2D eigenvalue weighted by atomic mass is 9.71. The molecule has 0 amide bonds. The molecule has 2 nitrogen and oxygen atoms in total. The van der Waals surface area contributed by atoms with Crippen LogP contribution in [0.3, 0.4) is 0 Å². The zero-order chi connectivity index (χ0) is 12.9. The molecule has 1 heterocycles. The number of fused-ring (bicyclic) bond motifs is 2. The Balaban J connectivity index is 1.91. The molecule has 1 aromatic heterocycles. The fraction of sp³-hybridized carbons (Fsp3) is 0.786. The summed E-state index contributed by atoms with van der Waals surface area (Å²) < 4.78 is 3.21. The quantitative estimate of drug-likeness (QED) is 0.763. The van der Waals surface area contributed by atoms with Crippen molar-refractivity contribution >= 4 is 27.5 Å². The molecule has 2 aliphatic rings. The van der Waals surface area contributed by atoms with Crippen LogP contribution in [0.2, 0.25) is 0 Å². The van der Waals surface area contributed by atoms with E-state index in [9.17, 15) is 0 Å². The summed E-state index contributed by atoms with van der Waals surface area (Å²) in [5, 5.41) is 4.51. The molecule has 0 radical (unpaired) electrons. The molecule has 0 aliphatic heterocycles. The molecule has 100 valence electrons. The van der Waals surface area contributed by atoms with Gasteiger partial charge < -0.3 is 0 Å². The zero-order valence-electron chi connectivity index (χ0n) is 11.0. The van der Waals surface area contributed by atoms with Crippen molar-refractivity contribution in [1.29, 1.82) is 0 Å². The molecule has 3 atom stereocenters. The van der Waals surface area contributed by atoms with Gasteiger partial charge in [0.2, 0.25) is 0 Å². The molecule has 0 aromatic carbocycles. The van der Waals surface area contributed by atoms with Crippen molar-refractivity contribution in [1.82, 2.24) is 9.78 Å². The number of aromatic nitrogens is 2. The molecule has 1 aromatic rings. The molecule has 2 saturated carbocycles. The molecular weight excluding hydrogens is 312 g/mol. The van der Waals surface area contributed by atoms with E-state index < -0.39 is 0 Å². The van der Waals surface area contributed by atoms with Gasteiger partial charge in [0.05, 0.1) is 15.9 Å². The number of alkyl halides is 1. The first-order valence-corrected chi connectivity index (χ1v) is 8.12. The largest absolute Gasteiger partial charge is 0.271 e. The summed E-state index contributed by atoms with van der Waals surface area (Å²) in [5.41, 5.74) is 2.73. The first-order chi connectivity index (χ1) is 8.55. The molecule has 0 N–H and O–H groups in total. The van der Waals surface area contributed by atoms with E-state index in [1.165, 1.54) is 35.8 Å². The minimum Gasteiger partial charge on any atom is -0.271 e. The highest BCUT2D eigenvalue weighted by atomic mass is 79.9. The molecule has 2 fully saturated rings. The van der Waals surface area contributed by atoms with Crippen molar-refractivity contribution in [3.63, 3.8) is 0 Å². The summed E-state index contributed by atoms with van der Waals surface area (Å²) in [6.07, 6.45) is 6.61. The summed E-state index contributed by atoms with van der Waals surface area (Å²) in [7, 11) is 2.04. The van der Waals surface area contributed by atoms with Gasteiger partial charge in [0.15, 0.2) is 0 Å². The van der Waals surface area contributed by atoms with Crippen LogP contribution >= 0.6 is 27.5 Å². The van der Waals surface area contributed by atoms with Crippen LogP contribution in [-0.4, -0.2) is 15.7 Å². The van der Waals surface area contributed by atoms with Crippen LogP contribution in [0.5, 0.6) is 0 Å². The lowest BCUT2D eigenvalue weighted by Gasteiger charge is -2.36. The molecule has 3 unspecified atom stereocenters. The summed E-state index contributed by atoms with van der Waals surface area (Å²) in [6, 6.07) is 0. The van der Waals surface area contributed by atoms with Gasteiger partial charge in [-0.2, -0.15) is 5.10 Å². The first kappa shape index (κ1) is 13.0. The van der Waals surface area contributed by atoms with Crippen LogP contribution in [0.4, 0.5) is 0 Å². The van der Waals surface area contributed by atoms with Gasteiger partial charge in [0.25, 0.3) is 0 Å². The van der Waals surface area contributed by atoms with Gasteiger partial charge in [-0.15, -0.1) is 11.6 Å². The molecule has 3 rings (SSSR count). The van der Waals surface area contributed by atoms with Crippen LogP contribution in [0.25, 0.3) is 0 Å².